The summed E-state index contributed by atoms with van der Waals surface area (Å²) >= 11 is 0. The Morgan fingerprint density at radius 3 is 2.16 bits per heavy atom. The van der Waals surface area contributed by atoms with Crippen LogP contribution in [0.25, 0.3) is 23.8 Å². The van der Waals surface area contributed by atoms with Gasteiger partial charge in [-0.25, -0.2) is 0 Å². The van der Waals surface area contributed by atoms with Crippen LogP contribution in [0.1, 0.15) is 174 Å². The van der Waals surface area contributed by atoms with Gasteiger partial charge in [0.25, 0.3) is 0 Å². The number of rotatable bonds is 18. The lowest BCUT2D eigenvalue weighted by molar-refractivity contribution is -0.143. The second-order valence-corrected chi connectivity index (χ2v) is 18.4. The molecule has 5 heterocycles. The number of hydrogen-bond donors (Lipinski definition) is 4. The SMILES string of the molecule is CCC[C@@H](C)CCC[C@@H](C)CCC/C(C)=C\COC(=O)CC[C@@H]1/C2=C3/c4[nH]c(c(C)c4C(=O)[C@@H]3C(=O)OC)/C=c3\[nH]/c(c(C)c3CC)=C\c3[nH]c(c(C)c3CC)/C=C(\N2)[C@H]1C. The van der Waals surface area contributed by atoms with Crippen LogP contribution in [0.3, 0.4) is 0 Å². The van der Waals surface area contributed by atoms with Gasteiger partial charge in [0, 0.05) is 68.6 Å². The third kappa shape index (κ3) is 9.66. The van der Waals surface area contributed by atoms with Gasteiger partial charge >= 0.3 is 11.9 Å². The number of H-pyrrole nitrogens is 3. The molecule has 0 spiro atoms. The maximum absolute atomic E-state index is 14.4. The Kier molecular flexibility index (Phi) is 14.9. The fourth-order valence-electron chi connectivity index (χ4n) is 10.3. The Hall–Kier alpha value is -4.79. The van der Waals surface area contributed by atoms with E-state index in [1.165, 1.54) is 73.5 Å². The molecule has 0 unspecified atom stereocenters. The molecule has 3 aromatic heterocycles. The Balaban J connectivity index is 1.28. The summed E-state index contributed by atoms with van der Waals surface area (Å²) in [5, 5.41) is 5.76. The number of fused-ring (bicyclic) bond motifs is 7. The van der Waals surface area contributed by atoms with Gasteiger partial charge in [0.2, 0.25) is 0 Å². The van der Waals surface area contributed by atoms with Gasteiger partial charge in [-0.3, -0.25) is 14.4 Å². The van der Waals surface area contributed by atoms with Crippen LogP contribution in [0, 0.1) is 50.4 Å². The van der Waals surface area contributed by atoms with Crippen molar-refractivity contribution in [2.75, 3.05) is 13.7 Å². The van der Waals surface area contributed by atoms with Crippen LogP contribution in [0.4, 0.5) is 0 Å². The van der Waals surface area contributed by atoms with Crippen LogP contribution in [-0.2, 0) is 31.9 Å². The Labute approximate surface area is 364 Å². The van der Waals surface area contributed by atoms with Gasteiger partial charge in [-0.15, -0.1) is 0 Å². The van der Waals surface area contributed by atoms with Crippen LogP contribution >= 0.6 is 0 Å². The largest absolute Gasteiger partial charge is 0.468 e. The predicted molar refractivity (Wildman–Crippen MR) is 247 cm³/mol. The Bertz CT molecular complexity index is 2340. The Morgan fingerprint density at radius 1 is 0.803 bits per heavy atom. The standard InChI is InChI=1S/C52H72N4O5/c1-12-17-29(4)18-15-19-30(5)20-16-21-31(6)24-25-61-45(57)23-22-38-34(9)41-26-39-32(7)36(13-2)43(53-39)27-40-33(8)37(14-3)44(54-40)28-42-35(10)46-50(56-42)47(49(38)55-41)48(51(46)58)52(59)60-11/h24,26-30,34,38,48,53-56H,12-23,25H2,1-11H3/b31-24-,40-27-,41-26-,44-28-,49-47-/t29-,30-,34+,38+,48-/m1/s1. The van der Waals surface area contributed by atoms with Crippen LogP contribution in [0.15, 0.2) is 23.0 Å². The summed E-state index contributed by atoms with van der Waals surface area (Å²) in [7, 11) is 1.33. The number of aromatic amines is 3. The lowest BCUT2D eigenvalue weighted by Gasteiger charge is -2.19. The molecule has 330 valence electrons. The summed E-state index contributed by atoms with van der Waals surface area (Å²) < 4.78 is 11.1. The zero-order valence-corrected chi connectivity index (χ0v) is 38.9. The highest BCUT2D eigenvalue weighted by molar-refractivity contribution is 6.24. The second kappa shape index (κ2) is 19.9. The number of allylic oxidation sites excluding steroid dienone is 3. The van der Waals surface area contributed by atoms with E-state index in [0.717, 1.165) is 82.3 Å². The van der Waals surface area contributed by atoms with E-state index < -0.39 is 11.9 Å². The highest BCUT2D eigenvalue weighted by Gasteiger charge is 2.48. The number of Topliss-reactive ketones (excluding diaryl/α,β-unsaturated/α-hetero) is 1. The number of carbonyl (C=O) groups excluding carboxylic acids is 3. The van der Waals surface area contributed by atoms with E-state index in [1.54, 1.807) is 0 Å². The number of ketones is 1. The summed E-state index contributed by atoms with van der Waals surface area (Å²) in [6, 6.07) is 0. The number of methoxy groups -OCH3 is 1. The van der Waals surface area contributed by atoms with E-state index >= 15 is 0 Å². The zero-order chi connectivity index (χ0) is 44.1. The molecule has 5 atom stereocenters. The van der Waals surface area contributed by atoms with Crippen molar-refractivity contribution in [2.24, 2.45) is 29.6 Å². The van der Waals surface area contributed by atoms with Crippen LogP contribution in [-0.4, -0.2) is 46.4 Å². The minimum absolute atomic E-state index is 0.0603. The normalized spacial score (nSPS) is 22.5. The van der Waals surface area contributed by atoms with E-state index in [2.05, 4.69) is 101 Å². The molecule has 2 aliphatic heterocycles. The molecule has 3 aliphatic rings. The molecule has 1 saturated heterocycles. The lowest BCUT2D eigenvalue weighted by Crippen LogP contribution is -2.25. The summed E-state index contributed by atoms with van der Waals surface area (Å²) in [5.74, 6) is -0.963. The molecule has 3 aromatic rings. The molecule has 1 fully saturated rings. The van der Waals surface area contributed by atoms with Crippen molar-refractivity contribution in [2.45, 2.75) is 146 Å². The lowest BCUT2D eigenvalue weighted by atomic mass is 9.85. The van der Waals surface area contributed by atoms with Gasteiger partial charge in [-0.1, -0.05) is 85.6 Å². The zero-order valence-electron chi connectivity index (χ0n) is 38.9. The van der Waals surface area contributed by atoms with Crippen molar-refractivity contribution in [3.05, 3.63) is 89.9 Å². The van der Waals surface area contributed by atoms with Gasteiger partial charge in [-0.05, 0) is 124 Å². The van der Waals surface area contributed by atoms with E-state index in [-0.39, 0.29) is 36.6 Å². The maximum Gasteiger partial charge on any atom is 0.321 e. The summed E-state index contributed by atoms with van der Waals surface area (Å²) in [6.45, 7) is 22.2. The smallest absolute Gasteiger partial charge is 0.321 e. The van der Waals surface area contributed by atoms with Crippen molar-refractivity contribution < 1.29 is 23.9 Å². The third-order valence-electron chi connectivity index (χ3n) is 14.1. The first-order chi connectivity index (χ1) is 29.2. The molecule has 8 bridgehead atoms. The average molecular weight is 833 g/mol. The monoisotopic (exact) mass is 833 g/mol. The number of nitrogens with one attached hydrogen (secondary N) is 4. The van der Waals surface area contributed by atoms with Crippen LogP contribution in [0.5, 0.6) is 0 Å². The molecule has 4 N–H and O–H groups in total. The minimum Gasteiger partial charge on any atom is -0.468 e. The molecule has 0 saturated carbocycles. The molecule has 1 aliphatic carbocycles. The number of carbonyl (C=O) groups is 3. The number of ether oxygens (including phenoxy) is 2. The van der Waals surface area contributed by atoms with Crippen LogP contribution in [0.2, 0.25) is 0 Å². The van der Waals surface area contributed by atoms with Crippen molar-refractivity contribution in [3.63, 3.8) is 0 Å². The van der Waals surface area contributed by atoms with Gasteiger partial charge in [0.15, 0.2) is 5.78 Å². The highest BCUT2D eigenvalue weighted by atomic mass is 16.5. The van der Waals surface area contributed by atoms with Crippen molar-refractivity contribution >= 4 is 41.5 Å². The molecule has 61 heavy (non-hydrogen) atoms. The molecule has 9 heteroatoms. The maximum atomic E-state index is 14.4. The summed E-state index contributed by atoms with van der Waals surface area (Å²) in [4.78, 5) is 52.4. The molecule has 6 rings (SSSR count). The van der Waals surface area contributed by atoms with Gasteiger partial charge in [0.05, 0.1) is 12.8 Å². The molecule has 9 nitrogen and oxygen atoms in total. The van der Waals surface area contributed by atoms with E-state index in [0.29, 0.717) is 23.3 Å². The van der Waals surface area contributed by atoms with Gasteiger partial charge < -0.3 is 29.7 Å². The highest BCUT2D eigenvalue weighted by Crippen LogP contribution is 2.48. The number of hydrogen-bond acceptors (Lipinski definition) is 6. The third-order valence-corrected chi connectivity index (χ3v) is 14.1. The van der Waals surface area contributed by atoms with Crippen molar-refractivity contribution in [3.8, 4) is 0 Å². The number of esters is 2. The Morgan fingerprint density at radius 2 is 1.48 bits per heavy atom. The molecular formula is C52H72N4O5. The first-order valence-corrected chi connectivity index (χ1v) is 23.2. The average Bonchev–Trinajstić information content (AvgIpc) is 3.97. The summed E-state index contributed by atoms with van der Waals surface area (Å²) in [6.07, 6.45) is 20.8. The fourth-order valence-corrected chi connectivity index (χ4v) is 10.3. The quantitative estimate of drug-likeness (QED) is 0.0574. The van der Waals surface area contributed by atoms with Crippen molar-refractivity contribution in [1.82, 2.24) is 20.3 Å². The molecule has 0 aromatic carbocycles. The second-order valence-electron chi connectivity index (χ2n) is 18.4. The minimum atomic E-state index is -1.13. The first kappa shape index (κ1) is 45.7. The number of aromatic nitrogens is 3. The fraction of sp³-hybridized carbons (Fsp3) is 0.558. The molecule has 0 amide bonds. The predicted octanol–water partition coefficient (Wildman–Crippen LogP) is 9.97. The topological polar surface area (TPSA) is 129 Å². The first-order valence-electron chi connectivity index (χ1n) is 23.2. The molecule has 0 radical (unpaired) electrons. The van der Waals surface area contributed by atoms with E-state index in [4.69, 9.17) is 9.47 Å². The molecular weight excluding hydrogens is 761 g/mol. The van der Waals surface area contributed by atoms with Gasteiger partial charge in [0.1, 0.15) is 12.5 Å². The van der Waals surface area contributed by atoms with Crippen LogP contribution < -0.4 is 16.0 Å². The summed E-state index contributed by atoms with van der Waals surface area (Å²) in [5.41, 5.74) is 13.2. The van der Waals surface area contributed by atoms with Crippen molar-refractivity contribution in [1.29, 1.82) is 0 Å². The van der Waals surface area contributed by atoms with Gasteiger partial charge in [-0.2, -0.15) is 0 Å². The van der Waals surface area contributed by atoms with E-state index in [9.17, 15) is 14.4 Å². The van der Waals surface area contributed by atoms with E-state index in [1.807, 2.05) is 13.0 Å².